The maximum absolute atomic E-state index is 12.9. The van der Waals surface area contributed by atoms with E-state index in [1.54, 1.807) is 0 Å². The van der Waals surface area contributed by atoms with E-state index in [0.29, 0.717) is 5.69 Å². The van der Waals surface area contributed by atoms with E-state index in [1.807, 2.05) is 45.9 Å². The van der Waals surface area contributed by atoms with Gasteiger partial charge in [0, 0.05) is 6.07 Å². The summed E-state index contributed by atoms with van der Waals surface area (Å²) in [5.74, 6) is 0.198. The largest absolute Gasteiger partial charge is 0.289 e. The molecule has 0 heterocycles. The summed E-state index contributed by atoms with van der Waals surface area (Å²) >= 11 is 0. The van der Waals surface area contributed by atoms with Gasteiger partial charge in [0.2, 0.25) is 0 Å². The highest BCUT2D eigenvalue weighted by Gasteiger charge is 2.27. The van der Waals surface area contributed by atoms with Gasteiger partial charge in [0.25, 0.3) is 15.7 Å². The van der Waals surface area contributed by atoms with Gasteiger partial charge in [0.15, 0.2) is 4.90 Å². The molecule has 2 aromatic carbocycles. The summed E-state index contributed by atoms with van der Waals surface area (Å²) in [7, 11) is -4.09. The number of para-hydroxylation sites is 2. The first-order valence-corrected chi connectivity index (χ1v) is 9.52. The van der Waals surface area contributed by atoms with E-state index in [-0.39, 0.29) is 16.7 Å². The van der Waals surface area contributed by atoms with Crippen molar-refractivity contribution in [3.8, 4) is 0 Å². The topological polar surface area (TPSA) is 89.3 Å². The lowest BCUT2D eigenvalue weighted by molar-refractivity contribution is -0.387. The monoisotopic (exact) mass is 362 g/mol. The molecule has 0 aliphatic heterocycles. The summed E-state index contributed by atoms with van der Waals surface area (Å²) in [6.45, 7) is 7.90. The second-order valence-corrected chi connectivity index (χ2v) is 8.10. The Bertz CT molecular complexity index is 863. The van der Waals surface area contributed by atoms with Gasteiger partial charge in [-0.05, 0) is 29.0 Å². The standard InChI is InChI=1S/C18H22N2O4S/c1-12(2)14-8-7-9-15(13(3)4)18(14)19-25(23,24)17-11-6-5-10-16(17)20(21)22/h5-13,19H,1-4H3. The van der Waals surface area contributed by atoms with Crippen LogP contribution in [0.4, 0.5) is 11.4 Å². The first-order chi connectivity index (χ1) is 11.6. The van der Waals surface area contributed by atoms with Gasteiger partial charge in [-0.25, -0.2) is 8.42 Å². The molecule has 0 aromatic heterocycles. The van der Waals surface area contributed by atoms with Crippen LogP contribution in [0.1, 0.15) is 50.7 Å². The predicted octanol–water partition coefficient (Wildman–Crippen LogP) is 4.64. The number of nitro groups is 1. The normalized spacial score (nSPS) is 11.8. The Kier molecular flexibility index (Phi) is 5.47. The summed E-state index contributed by atoms with van der Waals surface area (Å²) in [6, 6.07) is 11.0. The third-order valence-electron chi connectivity index (χ3n) is 3.96. The number of sulfonamides is 1. The van der Waals surface area contributed by atoms with Crippen molar-refractivity contribution in [3.05, 3.63) is 63.7 Å². The first-order valence-electron chi connectivity index (χ1n) is 8.04. The maximum Gasteiger partial charge on any atom is 0.289 e. The minimum absolute atomic E-state index is 0.0992. The highest BCUT2D eigenvalue weighted by atomic mass is 32.2. The Morgan fingerprint density at radius 3 is 1.92 bits per heavy atom. The number of anilines is 1. The van der Waals surface area contributed by atoms with Crippen LogP contribution in [0.2, 0.25) is 0 Å². The number of rotatable bonds is 6. The van der Waals surface area contributed by atoms with E-state index in [9.17, 15) is 18.5 Å². The van der Waals surface area contributed by atoms with Gasteiger partial charge in [-0.3, -0.25) is 14.8 Å². The molecule has 0 aliphatic rings. The molecule has 2 aromatic rings. The van der Waals surface area contributed by atoms with E-state index >= 15 is 0 Å². The highest BCUT2D eigenvalue weighted by Crippen LogP contribution is 2.35. The Morgan fingerprint density at radius 2 is 1.44 bits per heavy atom. The van der Waals surface area contributed by atoms with Crippen LogP contribution in [0.25, 0.3) is 0 Å². The SMILES string of the molecule is CC(C)c1cccc(C(C)C)c1NS(=O)(=O)c1ccccc1[N+](=O)[O-]. The van der Waals surface area contributed by atoms with Crippen LogP contribution >= 0.6 is 0 Å². The fourth-order valence-electron chi connectivity index (χ4n) is 2.69. The highest BCUT2D eigenvalue weighted by molar-refractivity contribution is 7.92. The van der Waals surface area contributed by atoms with Gasteiger partial charge in [0.05, 0.1) is 10.6 Å². The van der Waals surface area contributed by atoms with Crippen molar-refractivity contribution in [3.63, 3.8) is 0 Å². The molecule has 25 heavy (non-hydrogen) atoms. The quantitative estimate of drug-likeness (QED) is 0.598. The Balaban J connectivity index is 2.61. The minimum atomic E-state index is -4.09. The number of benzene rings is 2. The number of hydrogen-bond acceptors (Lipinski definition) is 4. The molecule has 0 aliphatic carbocycles. The van der Waals surface area contributed by atoms with Gasteiger partial charge in [0.1, 0.15) is 0 Å². The van der Waals surface area contributed by atoms with Crippen LogP contribution in [0.5, 0.6) is 0 Å². The Hall–Kier alpha value is -2.41. The number of nitrogens with zero attached hydrogens (tertiary/aromatic N) is 1. The average Bonchev–Trinajstić information content (AvgIpc) is 2.54. The smallest absolute Gasteiger partial charge is 0.279 e. The van der Waals surface area contributed by atoms with E-state index < -0.39 is 20.6 Å². The molecule has 134 valence electrons. The summed E-state index contributed by atoms with van der Waals surface area (Å²) in [6.07, 6.45) is 0. The predicted molar refractivity (Wildman–Crippen MR) is 98.5 cm³/mol. The van der Waals surface area contributed by atoms with E-state index in [4.69, 9.17) is 0 Å². The van der Waals surface area contributed by atoms with Crippen molar-refractivity contribution in [2.45, 2.75) is 44.4 Å². The Morgan fingerprint density at radius 1 is 0.920 bits per heavy atom. The van der Waals surface area contributed by atoms with Crippen LogP contribution < -0.4 is 4.72 Å². The maximum atomic E-state index is 12.9. The zero-order valence-electron chi connectivity index (χ0n) is 14.7. The van der Waals surface area contributed by atoms with Crippen molar-refractivity contribution < 1.29 is 13.3 Å². The molecule has 0 unspecified atom stereocenters. The first kappa shape index (κ1) is 18.9. The molecule has 0 fully saturated rings. The zero-order chi connectivity index (χ0) is 18.8. The lowest BCUT2D eigenvalue weighted by Gasteiger charge is -2.20. The number of hydrogen-bond donors (Lipinski definition) is 1. The molecular formula is C18H22N2O4S. The fourth-order valence-corrected chi connectivity index (χ4v) is 3.98. The molecule has 0 spiro atoms. The molecule has 0 amide bonds. The molecule has 0 saturated carbocycles. The molecule has 0 radical (unpaired) electrons. The molecule has 2 rings (SSSR count). The van der Waals surface area contributed by atoms with Gasteiger partial charge in [-0.15, -0.1) is 0 Å². The molecule has 7 heteroatoms. The average molecular weight is 362 g/mol. The summed E-state index contributed by atoms with van der Waals surface area (Å²) in [5, 5.41) is 11.2. The lowest BCUT2D eigenvalue weighted by atomic mass is 9.93. The Labute approximate surface area is 148 Å². The zero-order valence-corrected chi connectivity index (χ0v) is 15.5. The summed E-state index contributed by atoms with van der Waals surface area (Å²) in [4.78, 5) is 10.2. The van der Waals surface area contributed by atoms with Crippen LogP contribution in [0.15, 0.2) is 47.4 Å². The van der Waals surface area contributed by atoms with Gasteiger partial charge in [-0.2, -0.15) is 0 Å². The van der Waals surface area contributed by atoms with Crippen molar-refractivity contribution in [2.24, 2.45) is 0 Å². The van der Waals surface area contributed by atoms with E-state index in [2.05, 4.69) is 4.72 Å². The van der Waals surface area contributed by atoms with Crippen molar-refractivity contribution >= 4 is 21.4 Å². The van der Waals surface area contributed by atoms with E-state index in [0.717, 1.165) is 11.1 Å². The lowest BCUT2D eigenvalue weighted by Crippen LogP contribution is -2.17. The second kappa shape index (κ2) is 7.23. The van der Waals surface area contributed by atoms with E-state index in [1.165, 1.54) is 24.3 Å². The molecule has 0 atom stereocenters. The molecule has 1 N–H and O–H groups in total. The summed E-state index contributed by atoms with van der Waals surface area (Å²) < 4.78 is 28.3. The van der Waals surface area contributed by atoms with Crippen LogP contribution in [-0.4, -0.2) is 13.3 Å². The number of nitro benzene ring substituents is 1. The van der Waals surface area contributed by atoms with Crippen LogP contribution in [0, 0.1) is 10.1 Å². The van der Waals surface area contributed by atoms with Gasteiger partial charge in [-0.1, -0.05) is 58.0 Å². The number of nitrogens with one attached hydrogen (secondary N) is 1. The van der Waals surface area contributed by atoms with Crippen LogP contribution in [0.3, 0.4) is 0 Å². The molecule has 0 saturated heterocycles. The second-order valence-electron chi connectivity index (χ2n) is 6.45. The van der Waals surface area contributed by atoms with Crippen molar-refractivity contribution in [2.75, 3.05) is 4.72 Å². The molecule has 0 bridgehead atoms. The molecule has 6 nitrogen and oxygen atoms in total. The van der Waals surface area contributed by atoms with Crippen molar-refractivity contribution in [1.29, 1.82) is 0 Å². The summed E-state index contributed by atoms with van der Waals surface area (Å²) in [5.41, 5.74) is 1.77. The molecular weight excluding hydrogens is 340 g/mol. The van der Waals surface area contributed by atoms with Gasteiger partial charge >= 0.3 is 0 Å². The third-order valence-corrected chi connectivity index (χ3v) is 5.36. The van der Waals surface area contributed by atoms with Crippen molar-refractivity contribution in [1.82, 2.24) is 0 Å². The third kappa shape index (κ3) is 3.99. The van der Waals surface area contributed by atoms with Crippen LogP contribution in [-0.2, 0) is 10.0 Å². The van der Waals surface area contributed by atoms with Gasteiger partial charge < -0.3 is 0 Å². The fraction of sp³-hybridized carbons (Fsp3) is 0.333. The minimum Gasteiger partial charge on any atom is -0.279 e.